The van der Waals surface area contributed by atoms with E-state index in [2.05, 4.69) is 17.1 Å². The first-order chi connectivity index (χ1) is 7.16. The Labute approximate surface area is 88.5 Å². The van der Waals surface area contributed by atoms with Crippen molar-refractivity contribution >= 4 is 6.01 Å². The van der Waals surface area contributed by atoms with Crippen molar-refractivity contribution in [2.24, 2.45) is 5.92 Å². The molecule has 0 N–H and O–H groups in total. The lowest BCUT2D eigenvalue weighted by Crippen LogP contribution is -2.32. The molecule has 2 heterocycles. The molecule has 1 fully saturated rings. The minimum Gasteiger partial charge on any atom is -0.324 e. The molecule has 84 valence electrons. The molecule has 0 radical (unpaired) electrons. The molecule has 1 aliphatic rings. The van der Waals surface area contributed by atoms with Crippen LogP contribution in [0.1, 0.15) is 38.7 Å². The Bertz CT molecular complexity index is 318. The van der Waals surface area contributed by atoms with Crippen molar-refractivity contribution in [2.75, 3.05) is 18.0 Å². The van der Waals surface area contributed by atoms with Crippen LogP contribution in [0.3, 0.4) is 0 Å². The van der Waals surface area contributed by atoms with Gasteiger partial charge in [-0.25, -0.2) is 4.39 Å². The van der Waals surface area contributed by atoms with Crippen LogP contribution in [-0.2, 0) is 0 Å². The minimum atomic E-state index is -1.16. The largest absolute Gasteiger partial charge is 0.324 e. The van der Waals surface area contributed by atoms with Gasteiger partial charge >= 0.3 is 6.01 Å². The summed E-state index contributed by atoms with van der Waals surface area (Å²) in [5.74, 6) is 0.896. The molecule has 0 amide bonds. The fourth-order valence-electron chi connectivity index (χ4n) is 1.72. The molecule has 1 unspecified atom stereocenters. The van der Waals surface area contributed by atoms with Crippen LogP contribution in [0.4, 0.5) is 10.4 Å². The van der Waals surface area contributed by atoms with Crippen molar-refractivity contribution in [3.63, 3.8) is 0 Å². The molecule has 0 aromatic carbocycles. The van der Waals surface area contributed by atoms with Crippen molar-refractivity contribution in [2.45, 2.75) is 32.9 Å². The first-order valence-electron chi connectivity index (χ1n) is 5.39. The minimum absolute atomic E-state index is 0.142. The van der Waals surface area contributed by atoms with E-state index in [9.17, 15) is 4.39 Å². The molecule has 4 nitrogen and oxygen atoms in total. The fourth-order valence-corrected chi connectivity index (χ4v) is 1.72. The second-order valence-corrected chi connectivity index (χ2v) is 4.22. The molecule has 1 aromatic heterocycles. The third-order valence-corrected chi connectivity index (χ3v) is 2.84. The van der Waals surface area contributed by atoms with Crippen molar-refractivity contribution in [1.82, 2.24) is 10.1 Å². The maximum atomic E-state index is 12.9. The van der Waals surface area contributed by atoms with Gasteiger partial charge in [0.05, 0.1) is 0 Å². The SMILES string of the molecule is CC1CCN(c2nc(C(C)F)no2)CC1. The highest BCUT2D eigenvalue weighted by Gasteiger charge is 2.21. The first kappa shape index (κ1) is 10.4. The van der Waals surface area contributed by atoms with E-state index >= 15 is 0 Å². The summed E-state index contributed by atoms with van der Waals surface area (Å²) >= 11 is 0. The Hall–Kier alpha value is -1.13. The molecular formula is C10H16FN3O. The quantitative estimate of drug-likeness (QED) is 0.756. The number of aromatic nitrogens is 2. The second kappa shape index (κ2) is 4.16. The number of anilines is 1. The third-order valence-electron chi connectivity index (χ3n) is 2.84. The average Bonchev–Trinajstić information content (AvgIpc) is 2.68. The van der Waals surface area contributed by atoms with Gasteiger partial charge in [-0.15, -0.1) is 0 Å². The molecule has 1 aromatic rings. The van der Waals surface area contributed by atoms with E-state index in [1.165, 1.54) is 6.92 Å². The summed E-state index contributed by atoms with van der Waals surface area (Å²) in [5.41, 5.74) is 0. The van der Waals surface area contributed by atoms with Crippen LogP contribution in [0.2, 0.25) is 0 Å². The van der Waals surface area contributed by atoms with Crippen LogP contribution < -0.4 is 4.90 Å². The van der Waals surface area contributed by atoms with Crippen LogP contribution >= 0.6 is 0 Å². The summed E-state index contributed by atoms with van der Waals surface area (Å²) in [7, 11) is 0. The summed E-state index contributed by atoms with van der Waals surface area (Å²) in [6, 6.07) is 0.460. The summed E-state index contributed by atoms with van der Waals surface area (Å²) in [6.45, 7) is 5.49. The van der Waals surface area contributed by atoms with Gasteiger partial charge < -0.3 is 9.42 Å². The summed E-state index contributed by atoms with van der Waals surface area (Å²) in [6.07, 6.45) is 1.09. The third kappa shape index (κ3) is 2.27. The van der Waals surface area contributed by atoms with Crippen molar-refractivity contribution < 1.29 is 8.91 Å². The molecule has 0 bridgehead atoms. The van der Waals surface area contributed by atoms with E-state index in [4.69, 9.17) is 4.52 Å². The Morgan fingerprint density at radius 2 is 2.13 bits per heavy atom. The molecule has 1 atom stereocenters. The number of alkyl halides is 1. The number of piperidine rings is 1. The van der Waals surface area contributed by atoms with Gasteiger partial charge in [0.2, 0.25) is 5.82 Å². The van der Waals surface area contributed by atoms with E-state index in [0.29, 0.717) is 6.01 Å². The number of rotatable bonds is 2. The lowest BCUT2D eigenvalue weighted by molar-refractivity contribution is 0.329. The number of halogens is 1. The zero-order valence-corrected chi connectivity index (χ0v) is 9.11. The van der Waals surface area contributed by atoms with E-state index < -0.39 is 6.17 Å². The molecule has 1 aliphatic heterocycles. The van der Waals surface area contributed by atoms with Gasteiger partial charge in [0.15, 0.2) is 6.17 Å². The zero-order valence-electron chi connectivity index (χ0n) is 9.11. The molecule has 5 heteroatoms. The van der Waals surface area contributed by atoms with E-state index in [-0.39, 0.29) is 5.82 Å². The van der Waals surface area contributed by atoms with Gasteiger partial charge in [0.25, 0.3) is 0 Å². The highest BCUT2D eigenvalue weighted by molar-refractivity contribution is 5.25. The van der Waals surface area contributed by atoms with Crippen LogP contribution in [0, 0.1) is 5.92 Å². The van der Waals surface area contributed by atoms with Gasteiger partial charge in [-0.3, -0.25) is 0 Å². The van der Waals surface area contributed by atoms with Gasteiger partial charge in [-0.05, 0) is 25.7 Å². The molecule has 0 saturated carbocycles. The molecule has 0 aliphatic carbocycles. The van der Waals surface area contributed by atoms with Crippen LogP contribution in [-0.4, -0.2) is 23.2 Å². The van der Waals surface area contributed by atoms with E-state index in [1.807, 2.05) is 4.90 Å². The number of nitrogens with zero attached hydrogens (tertiary/aromatic N) is 3. The highest BCUT2D eigenvalue weighted by atomic mass is 19.1. The monoisotopic (exact) mass is 213 g/mol. The first-order valence-corrected chi connectivity index (χ1v) is 5.39. The Morgan fingerprint density at radius 3 is 2.67 bits per heavy atom. The predicted molar refractivity (Wildman–Crippen MR) is 54.4 cm³/mol. The molecule has 15 heavy (non-hydrogen) atoms. The van der Waals surface area contributed by atoms with Crippen LogP contribution in [0.15, 0.2) is 4.52 Å². The van der Waals surface area contributed by atoms with Crippen molar-refractivity contribution in [3.8, 4) is 0 Å². The second-order valence-electron chi connectivity index (χ2n) is 4.22. The van der Waals surface area contributed by atoms with Gasteiger partial charge in [-0.1, -0.05) is 12.1 Å². The molecule has 0 spiro atoms. The molecular weight excluding hydrogens is 197 g/mol. The Balaban J connectivity index is 2.03. The van der Waals surface area contributed by atoms with E-state index in [1.54, 1.807) is 0 Å². The van der Waals surface area contributed by atoms with Crippen LogP contribution in [0.25, 0.3) is 0 Å². The van der Waals surface area contributed by atoms with Gasteiger partial charge in [0.1, 0.15) is 0 Å². The summed E-state index contributed by atoms with van der Waals surface area (Å²) in [5, 5.41) is 3.61. The summed E-state index contributed by atoms with van der Waals surface area (Å²) in [4.78, 5) is 6.06. The Kier molecular flexibility index (Phi) is 2.88. The normalized spacial score (nSPS) is 20.6. The maximum absolute atomic E-state index is 12.9. The van der Waals surface area contributed by atoms with E-state index in [0.717, 1.165) is 31.8 Å². The van der Waals surface area contributed by atoms with Crippen molar-refractivity contribution in [3.05, 3.63) is 5.82 Å². The predicted octanol–water partition coefficient (Wildman–Crippen LogP) is 2.34. The van der Waals surface area contributed by atoms with Crippen molar-refractivity contribution in [1.29, 1.82) is 0 Å². The van der Waals surface area contributed by atoms with Gasteiger partial charge in [-0.2, -0.15) is 4.98 Å². The Morgan fingerprint density at radius 1 is 1.47 bits per heavy atom. The molecule has 1 saturated heterocycles. The lowest BCUT2D eigenvalue weighted by atomic mass is 10.00. The topological polar surface area (TPSA) is 42.2 Å². The number of hydrogen-bond donors (Lipinski definition) is 0. The average molecular weight is 213 g/mol. The smallest absolute Gasteiger partial charge is 0.324 e. The number of hydrogen-bond acceptors (Lipinski definition) is 4. The molecule has 2 rings (SSSR count). The zero-order chi connectivity index (χ0) is 10.8. The fraction of sp³-hybridized carbons (Fsp3) is 0.800. The lowest BCUT2D eigenvalue weighted by Gasteiger charge is -2.28. The van der Waals surface area contributed by atoms with Crippen LogP contribution in [0.5, 0.6) is 0 Å². The summed E-state index contributed by atoms with van der Waals surface area (Å²) < 4.78 is 17.9. The highest BCUT2D eigenvalue weighted by Crippen LogP contribution is 2.23. The maximum Gasteiger partial charge on any atom is 0.324 e. The van der Waals surface area contributed by atoms with Gasteiger partial charge in [0, 0.05) is 13.1 Å². The standard InChI is InChI=1S/C10H16FN3O/c1-7-3-5-14(6-4-7)10-12-9(8(2)11)13-15-10/h7-8H,3-6H2,1-2H3.